The lowest BCUT2D eigenvalue weighted by molar-refractivity contribution is 0.226. The Morgan fingerprint density at radius 3 is 2.41 bits per heavy atom. The Labute approximate surface area is 131 Å². The van der Waals surface area contributed by atoms with Crippen molar-refractivity contribution in [3.63, 3.8) is 0 Å². The van der Waals surface area contributed by atoms with Gasteiger partial charge in [-0.25, -0.2) is 8.78 Å². The van der Waals surface area contributed by atoms with Crippen molar-refractivity contribution in [2.75, 3.05) is 0 Å². The molecule has 0 N–H and O–H groups in total. The van der Waals surface area contributed by atoms with Crippen LogP contribution in [-0.4, -0.2) is 0 Å². The van der Waals surface area contributed by atoms with Crippen molar-refractivity contribution in [3.05, 3.63) is 53.6 Å². The minimum absolute atomic E-state index is 0.617. The van der Waals surface area contributed by atoms with E-state index in [1.807, 2.05) is 0 Å². The van der Waals surface area contributed by atoms with Crippen molar-refractivity contribution in [3.8, 4) is 0 Å². The molecule has 0 aromatic heterocycles. The Hall–Kier alpha value is -1.44. The Morgan fingerprint density at radius 2 is 1.82 bits per heavy atom. The molecule has 1 aromatic rings. The van der Waals surface area contributed by atoms with Crippen molar-refractivity contribution < 1.29 is 8.78 Å². The van der Waals surface area contributed by atoms with Crippen molar-refractivity contribution in [2.24, 2.45) is 17.8 Å². The fourth-order valence-electron chi connectivity index (χ4n) is 3.90. The molecule has 1 fully saturated rings. The maximum Gasteiger partial charge on any atom is 0.159 e. The molecule has 0 spiro atoms. The topological polar surface area (TPSA) is 0 Å². The van der Waals surface area contributed by atoms with Crippen LogP contribution in [0.3, 0.4) is 0 Å². The molecule has 1 saturated carbocycles. The summed E-state index contributed by atoms with van der Waals surface area (Å²) in [5.74, 6) is 0.785. The first-order valence-electron chi connectivity index (χ1n) is 8.51. The highest BCUT2D eigenvalue weighted by atomic mass is 19.2. The number of allylic oxidation sites excluding steroid dienone is 4. The molecular formula is C20H24F2. The van der Waals surface area contributed by atoms with Gasteiger partial charge in [0.1, 0.15) is 0 Å². The summed E-state index contributed by atoms with van der Waals surface area (Å²) >= 11 is 0. The zero-order chi connectivity index (χ0) is 15.5. The van der Waals surface area contributed by atoms with Crippen LogP contribution in [-0.2, 0) is 0 Å². The first-order chi connectivity index (χ1) is 10.7. The fourth-order valence-corrected chi connectivity index (χ4v) is 3.90. The summed E-state index contributed by atoms with van der Waals surface area (Å²) in [6.07, 6.45) is 14.3. The molecule has 2 aliphatic carbocycles. The normalized spacial score (nSPS) is 28.5. The van der Waals surface area contributed by atoms with Crippen LogP contribution in [0.15, 0.2) is 36.4 Å². The second-order valence-corrected chi connectivity index (χ2v) is 6.74. The van der Waals surface area contributed by atoms with Gasteiger partial charge in [0.25, 0.3) is 0 Å². The van der Waals surface area contributed by atoms with Crippen molar-refractivity contribution >= 4 is 5.57 Å². The monoisotopic (exact) mass is 302 g/mol. The molecule has 0 nitrogen and oxygen atoms in total. The third-order valence-corrected chi connectivity index (χ3v) is 5.46. The van der Waals surface area contributed by atoms with Gasteiger partial charge in [-0.1, -0.05) is 50.5 Å². The molecule has 0 amide bonds. The third kappa shape index (κ3) is 3.31. The molecule has 118 valence electrons. The van der Waals surface area contributed by atoms with Gasteiger partial charge in [0.15, 0.2) is 11.6 Å². The molecule has 0 aliphatic heterocycles. The average Bonchev–Trinajstić information content (AvgIpc) is 2.58. The molecule has 2 heteroatoms. The predicted octanol–water partition coefficient (Wildman–Crippen LogP) is 6.14. The summed E-state index contributed by atoms with van der Waals surface area (Å²) in [6, 6.07) is 4.15. The summed E-state index contributed by atoms with van der Waals surface area (Å²) in [6.45, 7) is 2.29. The molecule has 0 radical (unpaired) electrons. The van der Waals surface area contributed by atoms with Crippen LogP contribution in [0.5, 0.6) is 0 Å². The highest BCUT2D eigenvalue weighted by Gasteiger charge is 2.26. The lowest BCUT2D eigenvalue weighted by atomic mass is 9.73. The van der Waals surface area contributed by atoms with Gasteiger partial charge in [-0.2, -0.15) is 0 Å². The van der Waals surface area contributed by atoms with Gasteiger partial charge in [-0.15, -0.1) is 0 Å². The number of benzene rings is 1. The fraction of sp³-hybridized carbons (Fsp3) is 0.500. The second-order valence-electron chi connectivity index (χ2n) is 6.74. The van der Waals surface area contributed by atoms with Crippen LogP contribution >= 0.6 is 0 Å². The minimum Gasteiger partial charge on any atom is -0.204 e. The maximum absolute atomic E-state index is 13.3. The molecule has 0 bridgehead atoms. The first-order valence-corrected chi connectivity index (χ1v) is 8.51. The molecular weight excluding hydrogens is 278 g/mol. The van der Waals surface area contributed by atoms with E-state index in [0.717, 1.165) is 29.4 Å². The standard InChI is InChI=1S/C20H24F2/c1-2-14-3-5-15(6-4-14)16-7-9-17(10-8-16)18-11-12-19(21)20(22)13-18/h7,9-16H,2-6,8H2,1H3. The van der Waals surface area contributed by atoms with Crippen LogP contribution in [0.2, 0.25) is 0 Å². The molecule has 1 aromatic carbocycles. The molecule has 0 heterocycles. The molecule has 2 aliphatic rings. The number of halogens is 2. The molecule has 1 atom stereocenters. The van der Waals surface area contributed by atoms with Crippen molar-refractivity contribution in [1.29, 1.82) is 0 Å². The number of hydrogen-bond donors (Lipinski definition) is 0. The summed E-state index contributed by atoms with van der Waals surface area (Å²) in [4.78, 5) is 0. The Kier molecular flexibility index (Phi) is 4.75. The van der Waals surface area contributed by atoms with E-state index in [-0.39, 0.29) is 0 Å². The Bertz CT molecular complexity index is 577. The number of hydrogen-bond acceptors (Lipinski definition) is 0. The molecule has 1 unspecified atom stereocenters. The Balaban J connectivity index is 1.63. The Morgan fingerprint density at radius 1 is 1.05 bits per heavy atom. The van der Waals surface area contributed by atoms with E-state index in [9.17, 15) is 8.78 Å². The van der Waals surface area contributed by atoms with Gasteiger partial charge < -0.3 is 0 Å². The zero-order valence-corrected chi connectivity index (χ0v) is 13.2. The van der Waals surface area contributed by atoms with E-state index >= 15 is 0 Å². The van der Waals surface area contributed by atoms with Gasteiger partial charge in [0.2, 0.25) is 0 Å². The summed E-state index contributed by atoms with van der Waals surface area (Å²) < 4.78 is 26.4. The summed E-state index contributed by atoms with van der Waals surface area (Å²) in [5.41, 5.74) is 1.78. The molecule has 0 saturated heterocycles. The average molecular weight is 302 g/mol. The van der Waals surface area contributed by atoms with Crippen LogP contribution in [0.1, 0.15) is 51.0 Å². The minimum atomic E-state index is -0.783. The second kappa shape index (κ2) is 6.76. The van der Waals surface area contributed by atoms with E-state index < -0.39 is 11.6 Å². The lowest BCUT2D eigenvalue weighted by Gasteiger charge is -2.33. The van der Waals surface area contributed by atoms with E-state index in [0.29, 0.717) is 5.92 Å². The quantitative estimate of drug-likeness (QED) is 0.629. The van der Waals surface area contributed by atoms with Gasteiger partial charge in [0, 0.05) is 0 Å². The van der Waals surface area contributed by atoms with E-state index in [4.69, 9.17) is 0 Å². The lowest BCUT2D eigenvalue weighted by Crippen LogP contribution is -2.21. The third-order valence-electron chi connectivity index (χ3n) is 5.46. The zero-order valence-electron chi connectivity index (χ0n) is 13.2. The van der Waals surface area contributed by atoms with Crippen LogP contribution in [0.4, 0.5) is 8.78 Å². The highest BCUT2D eigenvalue weighted by molar-refractivity contribution is 5.74. The van der Waals surface area contributed by atoms with Gasteiger partial charge in [0.05, 0.1) is 0 Å². The largest absolute Gasteiger partial charge is 0.204 e. The maximum atomic E-state index is 13.3. The molecule has 3 rings (SSSR count). The van der Waals surface area contributed by atoms with Crippen LogP contribution < -0.4 is 0 Å². The van der Waals surface area contributed by atoms with Gasteiger partial charge in [-0.05, 0) is 60.3 Å². The van der Waals surface area contributed by atoms with Crippen molar-refractivity contribution in [1.82, 2.24) is 0 Å². The summed E-state index contributed by atoms with van der Waals surface area (Å²) in [7, 11) is 0. The van der Waals surface area contributed by atoms with E-state index in [2.05, 4.69) is 25.2 Å². The van der Waals surface area contributed by atoms with Gasteiger partial charge in [-0.3, -0.25) is 0 Å². The highest BCUT2D eigenvalue weighted by Crippen LogP contribution is 2.39. The van der Waals surface area contributed by atoms with E-state index in [1.165, 1.54) is 44.2 Å². The first kappa shape index (κ1) is 15.5. The smallest absolute Gasteiger partial charge is 0.159 e. The predicted molar refractivity (Wildman–Crippen MR) is 87.3 cm³/mol. The molecule has 22 heavy (non-hydrogen) atoms. The van der Waals surface area contributed by atoms with Gasteiger partial charge >= 0.3 is 0 Å². The SMILES string of the molecule is CCC1CCC(C2C=CC(c3ccc(F)c(F)c3)=CC2)CC1. The van der Waals surface area contributed by atoms with Crippen LogP contribution in [0, 0.1) is 29.4 Å². The van der Waals surface area contributed by atoms with E-state index in [1.54, 1.807) is 6.07 Å². The number of rotatable bonds is 3. The van der Waals surface area contributed by atoms with Crippen LogP contribution in [0.25, 0.3) is 5.57 Å². The summed E-state index contributed by atoms with van der Waals surface area (Å²) in [5, 5.41) is 0. The van der Waals surface area contributed by atoms with Crippen molar-refractivity contribution in [2.45, 2.75) is 45.4 Å².